The number of carbonyl (C=O) groups excluding carboxylic acids is 1. The average molecular weight is 756 g/mol. The van der Waals surface area contributed by atoms with Crippen LogP contribution >= 0.6 is 11.8 Å². The lowest BCUT2D eigenvalue weighted by Crippen LogP contribution is -2.46. The molecule has 2 aliphatic heterocycles. The largest absolute Gasteiger partial charge is 0.494 e. The molecule has 284 valence electrons. The Bertz CT molecular complexity index is 1900. The summed E-state index contributed by atoms with van der Waals surface area (Å²) >= 11 is 1.92. The maximum absolute atomic E-state index is 14.7. The lowest BCUT2D eigenvalue weighted by molar-refractivity contribution is -0.140. The van der Waals surface area contributed by atoms with Crippen molar-refractivity contribution < 1.29 is 31.8 Å². The molecule has 1 atom stereocenters. The Kier molecular flexibility index (Phi) is 13.1. The van der Waals surface area contributed by atoms with E-state index < -0.39 is 29.5 Å². The summed E-state index contributed by atoms with van der Waals surface area (Å²) in [4.78, 5) is 37.9. The third-order valence-electron chi connectivity index (χ3n) is 9.73. The standard InChI is InChI=1S/C39H45F4N5O4S/c1-2-52-30-10-8-29(9-11-30)48-37(45-34-6-4-3-5-31(34)38(48)50)35(13-16-44-28-14-23-53-24-15-28)47(18-17-46-19-21-51-22-20-46)36(49)26-27-7-12-32(33(40)25-27)39(41,42)43/h3-12,25,28,35,44H,2,13-24,26H2,1H3. The zero-order chi connectivity index (χ0) is 37.4. The van der Waals surface area contributed by atoms with E-state index in [1.165, 1.54) is 0 Å². The summed E-state index contributed by atoms with van der Waals surface area (Å²) < 4.78 is 67.7. The molecule has 2 saturated heterocycles. The van der Waals surface area contributed by atoms with Crippen LogP contribution in [0.2, 0.25) is 0 Å². The van der Waals surface area contributed by atoms with E-state index in [2.05, 4.69) is 10.2 Å². The number of nitrogens with one attached hydrogen (secondary N) is 1. The van der Waals surface area contributed by atoms with E-state index in [-0.39, 0.29) is 24.1 Å². The van der Waals surface area contributed by atoms with Crippen molar-refractivity contribution in [2.75, 3.05) is 64.1 Å². The van der Waals surface area contributed by atoms with Gasteiger partial charge in [0.25, 0.3) is 5.56 Å². The van der Waals surface area contributed by atoms with E-state index in [9.17, 15) is 27.2 Å². The van der Waals surface area contributed by atoms with Gasteiger partial charge >= 0.3 is 6.18 Å². The first-order chi connectivity index (χ1) is 25.6. The fraction of sp³-hybridized carbons (Fsp3) is 0.462. The monoisotopic (exact) mass is 755 g/mol. The van der Waals surface area contributed by atoms with Crippen molar-refractivity contribution in [3.8, 4) is 11.4 Å². The zero-order valence-corrected chi connectivity index (χ0v) is 30.6. The molecule has 0 aliphatic carbocycles. The first kappa shape index (κ1) is 38.7. The molecule has 1 unspecified atom stereocenters. The quantitative estimate of drug-likeness (QED) is 0.151. The molecule has 0 spiro atoms. The highest BCUT2D eigenvalue weighted by molar-refractivity contribution is 7.99. The number of carbonyl (C=O) groups is 1. The topological polar surface area (TPSA) is 88.9 Å². The van der Waals surface area contributed by atoms with Gasteiger partial charge in [-0.2, -0.15) is 24.9 Å². The van der Waals surface area contributed by atoms with E-state index in [1.807, 2.05) is 18.7 Å². The molecular formula is C39H45F4N5O4S. The van der Waals surface area contributed by atoms with E-state index in [0.29, 0.717) is 92.7 Å². The summed E-state index contributed by atoms with van der Waals surface area (Å²) in [5, 5.41) is 4.08. The second kappa shape index (κ2) is 17.9. The SMILES string of the molecule is CCOc1ccc(-n2c(C(CCNC3CCSCC3)N(CCN3CCOCC3)C(=O)Cc3ccc(C(F)(F)F)c(F)c3)nc3ccccc3c2=O)cc1. The highest BCUT2D eigenvalue weighted by Gasteiger charge is 2.35. The van der Waals surface area contributed by atoms with Gasteiger partial charge in [-0.05, 0) is 98.3 Å². The number of alkyl halides is 3. The van der Waals surface area contributed by atoms with Crippen molar-refractivity contribution in [3.05, 3.63) is 99.9 Å². The Morgan fingerprint density at radius 3 is 2.51 bits per heavy atom. The number of thioether (sulfide) groups is 1. The van der Waals surface area contributed by atoms with Crippen molar-refractivity contribution >= 4 is 28.6 Å². The Morgan fingerprint density at radius 1 is 1.08 bits per heavy atom. The molecule has 1 N–H and O–H groups in total. The zero-order valence-electron chi connectivity index (χ0n) is 29.7. The lowest BCUT2D eigenvalue weighted by Gasteiger charge is -2.36. The van der Waals surface area contributed by atoms with Crippen molar-refractivity contribution in [1.82, 2.24) is 24.7 Å². The molecule has 9 nitrogen and oxygen atoms in total. The number of amides is 1. The molecule has 6 rings (SSSR count). The number of hydrogen-bond donors (Lipinski definition) is 1. The number of nitrogens with zero attached hydrogens (tertiary/aromatic N) is 4. The van der Waals surface area contributed by atoms with Crippen molar-refractivity contribution in [2.45, 2.75) is 50.9 Å². The fourth-order valence-corrected chi connectivity index (χ4v) is 8.04. The molecule has 4 aromatic rings. The predicted octanol–water partition coefficient (Wildman–Crippen LogP) is 6.26. The summed E-state index contributed by atoms with van der Waals surface area (Å²) in [5.74, 6) is 1.24. The molecule has 2 aliphatic rings. The number of benzene rings is 3. The van der Waals surface area contributed by atoms with E-state index in [4.69, 9.17) is 14.5 Å². The molecule has 3 aromatic carbocycles. The number of para-hydroxylation sites is 1. The Labute approximate surface area is 310 Å². The van der Waals surface area contributed by atoms with Gasteiger partial charge in [0.05, 0.1) is 54.4 Å². The molecule has 14 heteroatoms. The molecule has 2 fully saturated rings. The van der Waals surface area contributed by atoms with Crippen molar-refractivity contribution in [1.29, 1.82) is 0 Å². The highest BCUT2D eigenvalue weighted by atomic mass is 32.2. The second-order valence-corrected chi connectivity index (χ2v) is 14.5. The number of halogens is 4. The minimum absolute atomic E-state index is 0.115. The smallest absolute Gasteiger partial charge is 0.419 e. The second-order valence-electron chi connectivity index (χ2n) is 13.2. The first-order valence-corrected chi connectivity index (χ1v) is 19.3. The molecular weight excluding hydrogens is 711 g/mol. The van der Waals surface area contributed by atoms with Crippen LogP contribution in [0.5, 0.6) is 5.75 Å². The minimum atomic E-state index is -4.86. The molecule has 0 radical (unpaired) electrons. The summed E-state index contributed by atoms with van der Waals surface area (Å²) in [6, 6.07) is 16.4. The van der Waals surface area contributed by atoms with Gasteiger partial charge in [0.2, 0.25) is 5.91 Å². The van der Waals surface area contributed by atoms with E-state index in [1.54, 1.807) is 58.0 Å². The van der Waals surface area contributed by atoms with Crippen LogP contribution in [0, 0.1) is 5.82 Å². The summed E-state index contributed by atoms with van der Waals surface area (Å²) in [6.07, 6.45) is -2.79. The van der Waals surface area contributed by atoms with Gasteiger partial charge in [0, 0.05) is 32.2 Å². The minimum Gasteiger partial charge on any atom is -0.494 e. The number of aromatic nitrogens is 2. The highest BCUT2D eigenvalue weighted by Crippen LogP contribution is 2.33. The van der Waals surface area contributed by atoms with Crippen LogP contribution in [-0.4, -0.2) is 95.4 Å². The predicted molar refractivity (Wildman–Crippen MR) is 198 cm³/mol. The van der Waals surface area contributed by atoms with Crippen LogP contribution in [0.3, 0.4) is 0 Å². The molecule has 53 heavy (non-hydrogen) atoms. The van der Waals surface area contributed by atoms with E-state index >= 15 is 0 Å². The van der Waals surface area contributed by atoms with Gasteiger partial charge in [-0.3, -0.25) is 19.1 Å². The molecule has 1 amide bonds. The Hall–Kier alpha value is -3.98. The number of fused-ring (bicyclic) bond motifs is 1. The summed E-state index contributed by atoms with van der Waals surface area (Å²) in [5.41, 5.74) is -0.560. The number of ether oxygens (including phenoxy) is 2. The number of morpholine rings is 1. The molecule has 3 heterocycles. The average Bonchev–Trinajstić information content (AvgIpc) is 3.15. The van der Waals surface area contributed by atoms with Gasteiger partial charge in [-0.15, -0.1) is 0 Å². The molecule has 0 saturated carbocycles. The van der Waals surface area contributed by atoms with E-state index in [0.717, 1.165) is 36.5 Å². The van der Waals surface area contributed by atoms with Crippen molar-refractivity contribution in [2.24, 2.45) is 0 Å². The van der Waals surface area contributed by atoms with Gasteiger partial charge in [-0.25, -0.2) is 9.37 Å². The maximum Gasteiger partial charge on any atom is 0.419 e. The lowest BCUT2D eigenvalue weighted by atomic mass is 10.0. The van der Waals surface area contributed by atoms with Gasteiger partial charge in [-0.1, -0.05) is 18.2 Å². The van der Waals surface area contributed by atoms with Crippen LogP contribution in [0.25, 0.3) is 16.6 Å². The fourth-order valence-electron chi connectivity index (χ4n) is 6.93. The van der Waals surface area contributed by atoms with Gasteiger partial charge < -0.3 is 19.7 Å². The third-order valence-corrected chi connectivity index (χ3v) is 10.8. The Balaban J connectivity index is 1.44. The third kappa shape index (κ3) is 9.77. The Morgan fingerprint density at radius 2 is 1.81 bits per heavy atom. The molecule has 0 bridgehead atoms. The number of hydrogen-bond acceptors (Lipinski definition) is 8. The van der Waals surface area contributed by atoms with Crippen LogP contribution in [0.1, 0.15) is 49.2 Å². The number of rotatable bonds is 14. The van der Waals surface area contributed by atoms with Gasteiger partial charge in [0.1, 0.15) is 17.4 Å². The summed E-state index contributed by atoms with van der Waals surface area (Å²) in [6.45, 7) is 6.04. The van der Waals surface area contributed by atoms with Crippen LogP contribution in [0.4, 0.5) is 17.6 Å². The maximum atomic E-state index is 14.7. The van der Waals surface area contributed by atoms with Crippen molar-refractivity contribution in [3.63, 3.8) is 0 Å². The van der Waals surface area contributed by atoms with Crippen LogP contribution < -0.4 is 15.6 Å². The first-order valence-electron chi connectivity index (χ1n) is 18.1. The van der Waals surface area contributed by atoms with Gasteiger partial charge in [0.15, 0.2) is 0 Å². The molecule has 1 aromatic heterocycles. The van der Waals surface area contributed by atoms with Crippen LogP contribution in [-0.2, 0) is 22.1 Å². The van der Waals surface area contributed by atoms with Crippen LogP contribution in [0.15, 0.2) is 71.5 Å². The summed E-state index contributed by atoms with van der Waals surface area (Å²) in [7, 11) is 0. The normalized spacial score (nSPS) is 16.5.